The monoisotopic (exact) mass is 361 g/mol. The Balaban J connectivity index is 1.83. The Kier molecular flexibility index (Phi) is 3.18. The Morgan fingerprint density at radius 1 is 0.679 bits per heavy atom. The molecule has 0 fully saturated rings. The summed E-state index contributed by atoms with van der Waals surface area (Å²) in [5.41, 5.74) is 6.74. The lowest BCUT2D eigenvalue weighted by molar-refractivity contribution is 0.671. The highest BCUT2D eigenvalue weighted by Gasteiger charge is 2.18. The zero-order valence-corrected chi connectivity index (χ0v) is 15.6. The van der Waals surface area contributed by atoms with Gasteiger partial charge in [-0.3, -0.25) is 0 Å². The van der Waals surface area contributed by atoms with Crippen molar-refractivity contribution in [3.05, 3.63) is 90.5 Å². The van der Waals surface area contributed by atoms with Crippen LogP contribution in [0.15, 0.2) is 89.3 Å². The Bertz CT molecular complexity index is 1480. The van der Waals surface area contributed by atoms with Crippen LogP contribution in [0.1, 0.15) is 12.5 Å². The number of hydrogen-bond acceptors (Lipinski definition) is 1. The maximum absolute atomic E-state index is 6.38. The summed E-state index contributed by atoms with van der Waals surface area (Å²) in [5.74, 6) is 0. The van der Waals surface area contributed by atoms with Crippen molar-refractivity contribution in [2.75, 3.05) is 0 Å². The topological polar surface area (TPSA) is 18.1 Å². The second kappa shape index (κ2) is 5.74. The summed E-state index contributed by atoms with van der Waals surface area (Å²) in [6, 6.07) is 30.2. The van der Waals surface area contributed by atoms with Gasteiger partial charge in [0.15, 0.2) is 5.58 Å². The maximum Gasteiger partial charge on any atom is 0.160 e. The average Bonchev–Trinajstić information content (AvgIpc) is 3.30. The van der Waals surface area contributed by atoms with Crippen LogP contribution >= 0.6 is 0 Å². The van der Waals surface area contributed by atoms with Gasteiger partial charge in [0.2, 0.25) is 0 Å². The van der Waals surface area contributed by atoms with Gasteiger partial charge >= 0.3 is 0 Å². The van der Waals surface area contributed by atoms with E-state index in [1.807, 2.05) is 12.1 Å². The molecule has 0 amide bonds. The number of benzene rings is 4. The first kappa shape index (κ1) is 15.5. The molecule has 6 aromatic rings. The molecule has 0 radical (unpaired) electrons. The predicted octanol–water partition coefficient (Wildman–Crippen LogP) is 7.25. The third-order valence-corrected chi connectivity index (χ3v) is 5.78. The lowest BCUT2D eigenvalue weighted by Gasteiger charge is -2.09. The summed E-state index contributed by atoms with van der Waals surface area (Å²) in [5, 5.41) is 4.80. The second-order valence-electron chi connectivity index (χ2n) is 7.31. The molecule has 0 saturated heterocycles. The van der Waals surface area contributed by atoms with Crippen molar-refractivity contribution < 1.29 is 4.42 Å². The molecular formula is C26H19NO. The Morgan fingerprint density at radius 2 is 1.39 bits per heavy atom. The smallest absolute Gasteiger partial charge is 0.160 e. The highest BCUT2D eigenvalue weighted by atomic mass is 16.3. The number of rotatable bonds is 2. The van der Waals surface area contributed by atoms with Crippen LogP contribution in [-0.4, -0.2) is 4.57 Å². The standard InChI is InChI=1S/C26H19NO/c1-2-17-11-13-18(14-12-17)27-23-9-5-3-7-19(23)21-15-16-22-20-8-4-6-10-24(20)28-26(22)25(21)27/h3-16H,2H2,1H3. The molecule has 6 rings (SSSR count). The van der Waals surface area contributed by atoms with E-state index in [9.17, 15) is 0 Å². The van der Waals surface area contributed by atoms with E-state index in [1.165, 1.54) is 21.9 Å². The number of nitrogens with zero attached hydrogens (tertiary/aromatic N) is 1. The molecule has 0 saturated carbocycles. The van der Waals surface area contributed by atoms with Crippen LogP contribution in [0.4, 0.5) is 0 Å². The van der Waals surface area contributed by atoms with Gasteiger partial charge in [-0.05, 0) is 42.3 Å². The molecule has 0 aliphatic heterocycles. The fourth-order valence-electron chi connectivity index (χ4n) is 4.38. The van der Waals surface area contributed by atoms with Gasteiger partial charge in [-0.25, -0.2) is 0 Å². The fourth-order valence-corrected chi connectivity index (χ4v) is 4.38. The third kappa shape index (κ3) is 2.03. The van der Waals surface area contributed by atoms with Crippen LogP contribution in [0.2, 0.25) is 0 Å². The summed E-state index contributed by atoms with van der Waals surface area (Å²) in [6.07, 6.45) is 1.04. The van der Waals surface area contributed by atoms with Gasteiger partial charge in [0.1, 0.15) is 5.58 Å². The van der Waals surface area contributed by atoms with Gasteiger partial charge in [0, 0.05) is 27.2 Å². The highest BCUT2D eigenvalue weighted by molar-refractivity contribution is 6.21. The fraction of sp³-hybridized carbons (Fsp3) is 0.0769. The Labute approximate surface area is 162 Å². The zero-order valence-electron chi connectivity index (χ0n) is 15.6. The largest absolute Gasteiger partial charge is 0.454 e. The number of fused-ring (bicyclic) bond motifs is 7. The van der Waals surface area contributed by atoms with E-state index in [0.717, 1.165) is 39.6 Å². The second-order valence-corrected chi connectivity index (χ2v) is 7.31. The normalized spacial score (nSPS) is 11.9. The molecule has 2 heterocycles. The van der Waals surface area contributed by atoms with E-state index in [4.69, 9.17) is 4.42 Å². The van der Waals surface area contributed by atoms with Gasteiger partial charge in [0.05, 0.1) is 11.0 Å². The molecule has 0 N–H and O–H groups in total. The van der Waals surface area contributed by atoms with E-state index in [2.05, 4.69) is 84.3 Å². The van der Waals surface area contributed by atoms with Gasteiger partial charge in [0.25, 0.3) is 0 Å². The number of hydrogen-bond donors (Lipinski definition) is 0. The summed E-state index contributed by atoms with van der Waals surface area (Å²) < 4.78 is 8.72. The average molecular weight is 361 g/mol. The van der Waals surface area contributed by atoms with E-state index >= 15 is 0 Å². The maximum atomic E-state index is 6.38. The number of aromatic nitrogens is 1. The highest BCUT2D eigenvalue weighted by Crippen LogP contribution is 2.39. The summed E-state index contributed by atoms with van der Waals surface area (Å²) >= 11 is 0. The molecule has 0 aliphatic rings. The number of aryl methyl sites for hydroxylation is 1. The number of para-hydroxylation sites is 2. The van der Waals surface area contributed by atoms with E-state index in [-0.39, 0.29) is 0 Å². The molecule has 0 bridgehead atoms. The first-order chi connectivity index (χ1) is 13.8. The molecule has 134 valence electrons. The van der Waals surface area contributed by atoms with Crippen molar-refractivity contribution in [3.63, 3.8) is 0 Å². The first-order valence-corrected chi connectivity index (χ1v) is 9.78. The molecule has 2 heteroatoms. The minimum absolute atomic E-state index is 0.933. The summed E-state index contributed by atoms with van der Waals surface area (Å²) in [4.78, 5) is 0. The minimum atomic E-state index is 0.933. The van der Waals surface area contributed by atoms with Gasteiger partial charge in [-0.15, -0.1) is 0 Å². The van der Waals surface area contributed by atoms with Crippen LogP contribution in [0.25, 0.3) is 49.4 Å². The molecule has 0 atom stereocenters. The summed E-state index contributed by atoms with van der Waals surface area (Å²) in [7, 11) is 0. The first-order valence-electron chi connectivity index (χ1n) is 9.78. The molecule has 28 heavy (non-hydrogen) atoms. The van der Waals surface area contributed by atoms with Crippen molar-refractivity contribution in [1.29, 1.82) is 0 Å². The molecule has 4 aromatic carbocycles. The predicted molar refractivity (Wildman–Crippen MR) is 117 cm³/mol. The quantitative estimate of drug-likeness (QED) is 0.318. The Morgan fingerprint density at radius 3 is 2.21 bits per heavy atom. The number of furan rings is 1. The van der Waals surface area contributed by atoms with Crippen molar-refractivity contribution in [3.8, 4) is 5.69 Å². The molecule has 0 unspecified atom stereocenters. The van der Waals surface area contributed by atoms with E-state index < -0.39 is 0 Å². The van der Waals surface area contributed by atoms with Crippen molar-refractivity contribution in [2.45, 2.75) is 13.3 Å². The van der Waals surface area contributed by atoms with Crippen molar-refractivity contribution in [2.24, 2.45) is 0 Å². The lowest BCUT2D eigenvalue weighted by Crippen LogP contribution is -1.94. The van der Waals surface area contributed by atoms with Crippen LogP contribution in [0, 0.1) is 0 Å². The van der Waals surface area contributed by atoms with Crippen LogP contribution in [-0.2, 0) is 6.42 Å². The van der Waals surface area contributed by atoms with Gasteiger partial charge in [-0.1, -0.05) is 61.5 Å². The van der Waals surface area contributed by atoms with Crippen molar-refractivity contribution in [1.82, 2.24) is 4.57 Å². The zero-order chi connectivity index (χ0) is 18.7. The van der Waals surface area contributed by atoms with Crippen LogP contribution in [0.5, 0.6) is 0 Å². The van der Waals surface area contributed by atoms with Crippen LogP contribution < -0.4 is 0 Å². The molecule has 0 spiro atoms. The molecule has 2 aromatic heterocycles. The minimum Gasteiger partial charge on any atom is -0.454 e. The van der Waals surface area contributed by atoms with E-state index in [1.54, 1.807) is 0 Å². The molecular weight excluding hydrogens is 342 g/mol. The SMILES string of the molecule is CCc1ccc(-n2c3ccccc3c3ccc4c5ccccc5oc4c32)cc1. The van der Waals surface area contributed by atoms with Gasteiger partial charge < -0.3 is 8.98 Å². The summed E-state index contributed by atoms with van der Waals surface area (Å²) in [6.45, 7) is 2.19. The third-order valence-electron chi connectivity index (χ3n) is 5.78. The molecule has 2 nitrogen and oxygen atoms in total. The van der Waals surface area contributed by atoms with Crippen LogP contribution in [0.3, 0.4) is 0 Å². The Hall–Kier alpha value is -3.52. The lowest BCUT2D eigenvalue weighted by atomic mass is 10.1. The van der Waals surface area contributed by atoms with Gasteiger partial charge in [-0.2, -0.15) is 0 Å². The molecule has 0 aliphatic carbocycles. The van der Waals surface area contributed by atoms with E-state index in [0.29, 0.717) is 0 Å². The van der Waals surface area contributed by atoms with Crippen molar-refractivity contribution >= 4 is 43.7 Å².